The number of hydrogen-bond donors (Lipinski definition) is 3. The van der Waals surface area contributed by atoms with Crippen molar-refractivity contribution < 1.29 is 12.8 Å². The number of benzene rings is 1. The maximum atomic E-state index is 15.3. The van der Waals surface area contributed by atoms with Gasteiger partial charge in [-0.15, -0.1) is 0 Å². The molecule has 38 heavy (non-hydrogen) atoms. The lowest BCUT2D eigenvalue weighted by Crippen LogP contribution is -2.43. The van der Waals surface area contributed by atoms with Gasteiger partial charge in [-0.25, -0.2) is 22.1 Å². The second-order valence-corrected chi connectivity index (χ2v) is 13.3. The van der Waals surface area contributed by atoms with Crippen molar-refractivity contribution in [2.75, 3.05) is 43.1 Å². The average molecular weight is 655 g/mol. The summed E-state index contributed by atoms with van der Waals surface area (Å²) >= 11 is 2.14. The molecule has 2 saturated heterocycles. The highest BCUT2D eigenvalue weighted by atomic mass is 127. The highest BCUT2D eigenvalue weighted by Gasteiger charge is 2.34. The third-order valence-corrected chi connectivity index (χ3v) is 9.44. The number of hydrogen-bond acceptors (Lipinski definition) is 8. The number of aryl methyl sites for hydroxylation is 2. The zero-order chi connectivity index (χ0) is 27.0. The second kappa shape index (κ2) is 11.0. The Bertz CT molecular complexity index is 1420. The SMILES string of the molecule is Cc1cc(Nc2nc(Nc3cc(C)c(C4CCN(C5CCN(S(C)(=O)=O)C5)CC4)cc3F)ncc2I)n[nH]1. The molecule has 1 aromatic carbocycles. The summed E-state index contributed by atoms with van der Waals surface area (Å²) in [6, 6.07) is 5.59. The first kappa shape index (κ1) is 27.2. The number of halogens is 2. The minimum absolute atomic E-state index is 0.264. The van der Waals surface area contributed by atoms with Crippen LogP contribution in [0.3, 0.4) is 0 Å². The van der Waals surface area contributed by atoms with Crippen molar-refractivity contribution in [3.63, 3.8) is 0 Å². The molecule has 0 radical (unpaired) electrons. The molecule has 0 amide bonds. The van der Waals surface area contributed by atoms with Gasteiger partial charge >= 0.3 is 0 Å². The maximum Gasteiger partial charge on any atom is 0.229 e. The van der Waals surface area contributed by atoms with E-state index in [1.165, 1.54) is 6.26 Å². The molecule has 13 heteroatoms. The highest BCUT2D eigenvalue weighted by Crippen LogP contribution is 2.35. The Morgan fingerprint density at radius 2 is 1.87 bits per heavy atom. The van der Waals surface area contributed by atoms with E-state index in [0.29, 0.717) is 36.4 Å². The Labute approximate surface area is 236 Å². The summed E-state index contributed by atoms with van der Waals surface area (Å²) in [4.78, 5) is 11.2. The quantitative estimate of drug-likeness (QED) is 0.324. The Morgan fingerprint density at radius 3 is 2.53 bits per heavy atom. The van der Waals surface area contributed by atoms with E-state index < -0.39 is 10.0 Å². The molecule has 2 aliphatic rings. The molecule has 0 bridgehead atoms. The van der Waals surface area contributed by atoms with E-state index in [-0.39, 0.29) is 17.8 Å². The van der Waals surface area contributed by atoms with Crippen LogP contribution in [0, 0.1) is 23.2 Å². The van der Waals surface area contributed by atoms with Gasteiger partial charge in [-0.2, -0.15) is 10.1 Å². The average Bonchev–Trinajstić information content (AvgIpc) is 3.53. The van der Waals surface area contributed by atoms with E-state index in [1.807, 2.05) is 26.0 Å². The molecule has 2 fully saturated rings. The van der Waals surface area contributed by atoms with Crippen LogP contribution in [0.1, 0.15) is 42.0 Å². The van der Waals surface area contributed by atoms with Crippen LogP contribution in [-0.2, 0) is 10.0 Å². The summed E-state index contributed by atoms with van der Waals surface area (Å²) in [5.74, 6) is 1.44. The van der Waals surface area contributed by atoms with Gasteiger partial charge in [-0.1, -0.05) is 0 Å². The van der Waals surface area contributed by atoms with Crippen LogP contribution < -0.4 is 10.6 Å². The first-order valence-corrected chi connectivity index (χ1v) is 15.6. The molecule has 0 spiro atoms. The molecule has 2 aromatic heterocycles. The number of aromatic nitrogens is 4. The standard InChI is InChI=1S/C25H32FIN8O2S/c1-15-10-22(29-25-28-13-21(27)24(31-25)30-23-11-16(2)32-33-23)20(26)12-19(15)17-4-7-34(8-5-17)18-6-9-35(14-18)38(3,36)37/h10-13,17-18H,4-9,14H2,1-3H3,(H3,28,29,30,31,32,33). The molecule has 1 atom stereocenters. The number of aromatic amines is 1. The van der Waals surface area contributed by atoms with Crippen molar-refractivity contribution in [2.45, 2.75) is 45.1 Å². The molecule has 5 rings (SSSR count). The normalized spacial score (nSPS) is 19.7. The van der Waals surface area contributed by atoms with E-state index in [1.54, 1.807) is 16.6 Å². The van der Waals surface area contributed by atoms with E-state index in [0.717, 1.165) is 52.7 Å². The summed E-state index contributed by atoms with van der Waals surface area (Å²) in [6.45, 7) is 6.85. The fraction of sp³-hybridized carbons (Fsp3) is 0.480. The highest BCUT2D eigenvalue weighted by molar-refractivity contribution is 14.1. The van der Waals surface area contributed by atoms with Gasteiger partial charge in [0.05, 0.1) is 15.5 Å². The topological polar surface area (TPSA) is 119 Å². The minimum Gasteiger partial charge on any atom is -0.322 e. The molecule has 4 heterocycles. The molecule has 3 N–H and O–H groups in total. The number of H-pyrrole nitrogens is 1. The van der Waals surface area contributed by atoms with Gasteiger partial charge in [-0.3, -0.25) is 10.00 Å². The molecule has 2 aliphatic heterocycles. The molecule has 1 unspecified atom stereocenters. The van der Waals surface area contributed by atoms with Crippen molar-refractivity contribution >= 4 is 55.9 Å². The van der Waals surface area contributed by atoms with Gasteiger partial charge in [0.2, 0.25) is 16.0 Å². The van der Waals surface area contributed by atoms with Crippen LogP contribution in [-0.4, -0.2) is 76.3 Å². The largest absolute Gasteiger partial charge is 0.322 e. The van der Waals surface area contributed by atoms with Gasteiger partial charge < -0.3 is 10.6 Å². The van der Waals surface area contributed by atoms with E-state index in [9.17, 15) is 8.42 Å². The lowest BCUT2D eigenvalue weighted by atomic mass is 9.86. The van der Waals surface area contributed by atoms with Crippen molar-refractivity contribution in [3.05, 3.63) is 50.6 Å². The van der Waals surface area contributed by atoms with E-state index >= 15 is 4.39 Å². The van der Waals surface area contributed by atoms with Crippen LogP contribution in [0.2, 0.25) is 0 Å². The van der Waals surface area contributed by atoms with E-state index in [2.05, 4.69) is 58.3 Å². The van der Waals surface area contributed by atoms with Crippen molar-refractivity contribution in [2.24, 2.45) is 0 Å². The maximum absolute atomic E-state index is 15.3. The Balaban J connectivity index is 1.24. The smallest absolute Gasteiger partial charge is 0.229 e. The minimum atomic E-state index is -3.14. The zero-order valence-electron chi connectivity index (χ0n) is 21.6. The van der Waals surface area contributed by atoms with Gasteiger partial charge in [-0.05, 0) is 98.0 Å². The number of rotatable bonds is 7. The predicted molar refractivity (Wildman–Crippen MR) is 154 cm³/mol. The molecule has 3 aromatic rings. The number of likely N-dealkylation sites (tertiary alicyclic amines) is 1. The Kier molecular flexibility index (Phi) is 7.89. The third-order valence-electron chi connectivity index (χ3n) is 7.38. The monoisotopic (exact) mass is 654 g/mol. The van der Waals surface area contributed by atoms with Crippen LogP contribution >= 0.6 is 22.6 Å². The Morgan fingerprint density at radius 1 is 1.11 bits per heavy atom. The lowest BCUT2D eigenvalue weighted by Gasteiger charge is -2.36. The summed E-state index contributed by atoms with van der Waals surface area (Å²) in [6.07, 6.45) is 5.66. The van der Waals surface area contributed by atoms with Gasteiger partial charge in [0.1, 0.15) is 5.82 Å². The number of nitrogens with zero attached hydrogens (tertiary/aromatic N) is 5. The summed E-state index contributed by atoms with van der Waals surface area (Å²) in [7, 11) is -3.14. The zero-order valence-corrected chi connectivity index (χ0v) is 24.6. The summed E-state index contributed by atoms with van der Waals surface area (Å²) in [5.41, 5.74) is 3.30. The molecule has 0 saturated carbocycles. The van der Waals surface area contributed by atoms with Gasteiger partial charge in [0.25, 0.3) is 0 Å². The Hall–Kier alpha value is -2.36. The van der Waals surface area contributed by atoms with Gasteiger partial charge in [0.15, 0.2) is 11.6 Å². The van der Waals surface area contributed by atoms with E-state index in [4.69, 9.17) is 0 Å². The number of piperidine rings is 1. The second-order valence-electron chi connectivity index (χ2n) is 10.1. The predicted octanol–water partition coefficient (Wildman–Crippen LogP) is 4.26. The van der Waals surface area contributed by atoms with Crippen LogP contribution in [0.4, 0.5) is 27.7 Å². The molecule has 0 aliphatic carbocycles. The van der Waals surface area contributed by atoms with Crippen molar-refractivity contribution in [3.8, 4) is 0 Å². The number of anilines is 4. The fourth-order valence-electron chi connectivity index (χ4n) is 5.36. The third kappa shape index (κ3) is 6.10. The molecular weight excluding hydrogens is 622 g/mol. The number of sulfonamides is 1. The summed E-state index contributed by atoms with van der Waals surface area (Å²) in [5, 5.41) is 13.2. The first-order chi connectivity index (χ1) is 18.1. The van der Waals surface area contributed by atoms with Crippen molar-refractivity contribution in [1.82, 2.24) is 29.4 Å². The fourth-order valence-corrected chi connectivity index (χ4v) is 6.63. The summed E-state index contributed by atoms with van der Waals surface area (Å²) < 4.78 is 41.4. The van der Waals surface area contributed by atoms with Crippen LogP contribution in [0.5, 0.6) is 0 Å². The lowest BCUT2D eigenvalue weighted by molar-refractivity contribution is 0.157. The van der Waals surface area contributed by atoms with Crippen LogP contribution in [0.25, 0.3) is 0 Å². The molecule has 204 valence electrons. The van der Waals surface area contributed by atoms with Crippen LogP contribution in [0.15, 0.2) is 24.4 Å². The first-order valence-electron chi connectivity index (χ1n) is 12.6. The van der Waals surface area contributed by atoms with Crippen molar-refractivity contribution in [1.29, 1.82) is 0 Å². The molecule has 10 nitrogen and oxygen atoms in total. The number of nitrogens with one attached hydrogen (secondary N) is 3. The molecular formula is C25H32FIN8O2S. The van der Waals surface area contributed by atoms with Gasteiger partial charge in [0, 0.05) is 37.1 Å².